The third-order valence-electron chi connectivity index (χ3n) is 5.25. The van der Waals surface area contributed by atoms with Crippen LogP contribution in [-0.4, -0.2) is 82.2 Å². The minimum Gasteiger partial charge on any atom is -0.506 e. The standard InChI is InChI=1S/C20H21F9O10S/c1-8(6-16(3,33)18(21,22)23)38-14(31)11-4-10(40(35,36)37)5-12(13(11)30)15(32)39-9(2)7-17(34,19(24,25)26)20(27,28)29/h4-5,8-9,30,33-34H,6-7H2,1-3H3,(H,35,36,37). The normalized spacial score (nSPS) is 16.6. The van der Waals surface area contributed by atoms with Crippen molar-refractivity contribution in [2.45, 2.75) is 80.4 Å². The number of alkyl halides is 9. The van der Waals surface area contributed by atoms with E-state index in [0.29, 0.717) is 13.8 Å². The molecule has 0 radical (unpaired) electrons. The number of esters is 2. The van der Waals surface area contributed by atoms with E-state index in [0.717, 1.165) is 6.92 Å². The fourth-order valence-corrected chi connectivity index (χ4v) is 3.66. The lowest BCUT2D eigenvalue weighted by Crippen LogP contribution is -2.58. The third kappa shape index (κ3) is 7.88. The van der Waals surface area contributed by atoms with Crippen molar-refractivity contribution in [3.8, 4) is 5.75 Å². The highest BCUT2D eigenvalue weighted by atomic mass is 32.2. The van der Waals surface area contributed by atoms with Crippen molar-refractivity contribution in [1.29, 1.82) is 0 Å². The lowest BCUT2D eigenvalue weighted by molar-refractivity contribution is -0.373. The first kappa shape index (κ1) is 35.2. The molecule has 0 bridgehead atoms. The molecule has 4 N–H and O–H groups in total. The van der Waals surface area contributed by atoms with Crippen LogP contribution in [0.3, 0.4) is 0 Å². The quantitative estimate of drug-likeness (QED) is 0.181. The highest BCUT2D eigenvalue weighted by Gasteiger charge is 2.70. The molecule has 1 rings (SSSR count). The summed E-state index contributed by atoms with van der Waals surface area (Å²) in [6, 6.07) is 0.280. The Morgan fingerprint density at radius 2 is 1.15 bits per heavy atom. The van der Waals surface area contributed by atoms with Crippen molar-refractivity contribution < 1.29 is 86.9 Å². The monoisotopic (exact) mass is 624 g/mol. The van der Waals surface area contributed by atoms with Gasteiger partial charge in [-0.3, -0.25) is 4.55 Å². The van der Waals surface area contributed by atoms with Crippen LogP contribution in [0.15, 0.2) is 17.0 Å². The number of phenols is 1. The summed E-state index contributed by atoms with van der Waals surface area (Å²) in [6.07, 6.45) is -25.6. The number of phenolic OH excluding ortho intramolecular Hbond substituents is 1. The molecule has 3 unspecified atom stereocenters. The number of aliphatic hydroxyl groups is 2. The van der Waals surface area contributed by atoms with E-state index in [4.69, 9.17) is 0 Å². The molecule has 0 heterocycles. The minimum absolute atomic E-state index is 0.105. The Balaban J connectivity index is 3.41. The zero-order valence-electron chi connectivity index (χ0n) is 20.3. The summed E-state index contributed by atoms with van der Waals surface area (Å²) in [4.78, 5) is 23.5. The fourth-order valence-electron chi connectivity index (χ4n) is 3.13. The molecule has 0 aliphatic heterocycles. The van der Waals surface area contributed by atoms with E-state index in [1.165, 1.54) is 0 Å². The number of ether oxygens (including phenoxy) is 2. The molecule has 0 fully saturated rings. The first-order valence-electron chi connectivity index (χ1n) is 10.5. The summed E-state index contributed by atoms with van der Waals surface area (Å²) < 4.78 is 157. The van der Waals surface area contributed by atoms with Crippen molar-refractivity contribution >= 4 is 22.1 Å². The highest BCUT2D eigenvalue weighted by Crippen LogP contribution is 2.46. The average Bonchev–Trinajstić information content (AvgIpc) is 2.69. The number of hydrogen-bond donors (Lipinski definition) is 4. The number of rotatable bonds is 9. The van der Waals surface area contributed by atoms with E-state index in [-0.39, 0.29) is 12.1 Å². The maximum absolute atomic E-state index is 12.9. The average molecular weight is 624 g/mol. The second kappa shape index (κ2) is 11.2. The van der Waals surface area contributed by atoms with Crippen molar-refractivity contribution in [1.82, 2.24) is 0 Å². The second-order valence-electron chi connectivity index (χ2n) is 8.81. The van der Waals surface area contributed by atoms with Crippen molar-refractivity contribution in [2.24, 2.45) is 0 Å². The van der Waals surface area contributed by atoms with Gasteiger partial charge in [-0.15, -0.1) is 0 Å². The Labute approximate surface area is 219 Å². The smallest absolute Gasteiger partial charge is 0.426 e. The molecule has 10 nitrogen and oxygen atoms in total. The summed E-state index contributed by atoms with van der Waals surface area (Å²) in [5.74, 6) is -5.45. The van der Waals surface area contributed by atoms with E-state index in [1.807, 2.05) is 0 Å². The summed E-state index contributed by atoms with van der Waals surface area (Å²) in [5, 5.41) is 29.0. The summed E-state index contributed by atoms with van der Waals surface area (Å²) in [7, 11) is -5.36. The Hall–Kier alpha value is -2.84. The molecular weight excluding hydrogens is 603 g/mol. The molecule has 3 atom stereocenters. The SMILES string of the molecule is CC(CC(C)(O)C(F)(F)F)OC(=O)c1cc(S(=O)(=O)O)cc(C(=O)OC(C)CC(O)(C(F)(F)F)C(F)(F)F)c1O. The van der Waals surface area contributed by atoms with E-state index in [2.05, 4.69) is 9.47 Å². The van der Waals surface area contributed by atoms with Crippen LogP contribution in [0.2, 0.25) is 0 Å². The molecule has 230 valence electrons. The van der Waals surface area contributed by atoms with Gasteiger partial charge in [0.15, 0.2) is 5.60 Å². The molecule has 0 saturated heterocycles. The van der Waals surface area contributed by atoms with Gasteiger partial charge in [0.2, 0.25) is 0 Å². The van der Waals surface area contributed by atoms with Crippen LogP contribution in [0, 0.1) is 0 Å². The molecule has 40 heavy (non-hydrogen) atoms. The Morgan fingerprint density at radius 3 is 1.45 bits per heavy atom. The number of aromatic hydroxyl groups is 1. The predicted octanol–water partition coefficient (Wildman–Crippen LogP) is 3.68. The van der Waals surface area contributed by atoms with Crippen LogP contribution in [-0.2, 0) is 19.6 Å². The molecule has 0 amide bonds. The molecule has 0 aromatic heterocycles. The first-order chi connectivity index (χ1) is 17.5. The number of hydrogen-bond acceptors (Lipinski definition) is 9. The molecule has 1 aromatic rings. The van der Waals surface area contributed by atoms with Crippen LogP contribution in [0.5, 0.6) is 5.75 Å². The Morgan fingerprint density at radius 1 is 0.800 bits per heavy atom. The summed E-state index contributed by atoms with van der Waals surface area (Å²) >= 11 is 0. The largest absolute Gasteiger partial charge is 0.506 e. The number of benzene rings is 1. The Bertz CT molecular complexity index is 1210. The van der Waals surface area contributed by atoms with Gasteiger partial charge in [0.25, 0.3) is 15.7 Å². The minimum atomic E-state index is -6.30. The first-order valence-corrected chi connectivity index (χ1v) is 11.9. The van der Waals surface area contributed by atoms with E-state index in [9.17, 15) is 77.4 Å². The van der Waals surface area contributed by atoms with E-state index in [1.54, 1.807) is 0 Å². The highest BCUT2D eigenvalue weighted by molar-refractivity contribution is 7.85. The van der Waals surface area contributed by atoms with Gasteiger partial charge in [0, 0.05) is 12.8 Å². The van der Waals surface area contributed by atoms with Gasteiger partial charge < -0.3 is 24.8 Å². The van der Waals surface area contributed by atoms with E-state index < -0.39 is 98.6 Å². The van der Waals surface area contributed by atoms with Crippen LogP contribution < -0.4 is 0 Å². The molecule has 0 saturated carbocycles. The van der Waals surface area contributed by atoms with Gasteiger partial charge in [-0.05, 0) is 32.9 Å². The Kier molecular flexibility index (Phi) is 9.86. The van der Waals surface area contributed by atoms with Crippen LogP contribution in [0.1, 0.15) is 54.3 Å². The molecule has 0 spiro atoms. The van der Waals surface area contributed by atoms with Gasteiger partial charge >= 0.3 is 30.5 Å². The van der Waals surface area contributed by atoms with Crippen molar-refractivity contribution in [2.75, 3.05) is 0 Å². The van der Waals surface area contributed by atoms with Crippen molar-refractivity contribution in [3.05, 3.63) is 23.3 Å². The maximum atomic E-state index is 12.9. The topological polar surface area (TPSA) is 168 Å². The third-order valence-corrected chi connectivity index (χ3v) is 6.09. The summed E-state index contributed by atoms with van der Waals surface area (Å²) in [5.41, 5.74) is -11.5. The van der Waals surface area contributed by atoms with Crippen LogP contribution >= 0.6 is 0 Å². The van der Waals surface area contributed by atoms with Gasteiger partial charge in [-0.1, -0.05) is 0 Å². The lowest BCUT2D eigenvalue weighted by atomic mass is 9.95. The molecule has 20 heteroatoms. The zero-order chi connectivity index (χ0) is 31.9. The zero-order valence-corrected chi connectivity index (χ0v) is 21.1. The van der Waals surface area contributed by atoms with E-state index >= 15 is 0 Å². The number of halogens is 9. The lowest BCUT2D eigenvalue weighted by Gasteiger charge is -2.34. The predicted molar refractivity (Wildman–Crippen MR) is 111 cm³/mol. The van der Waals surface area contributed by atoms with Gasteiger partial charge in [0.05, 0.1) is 4.90 Å². The number of carbonyl (C=O) groups excluding carboxylic acids is 2. The van der Waals surface area contributed by atoms with Crippen LogP contribution in [0.4, 0.5) is 39.5 Å². The van der Waals surface area contributed by atoms with Gasteiger partial charge in [0.1, 0.15) is 29.1 Å². The second-order valence-corrected chi connectivity index (χ2v) is 10.2. The van der Waals surface area contributed by atoms with Gasteiger partial charge in [-0.2, -0.15) is 47.9 Å². The molecular formula is C20H21F9O10S. The summed E-state index contributed by atoms with van der Waals surface area (Å²) in [6.45, 7) is 1.61. The van der Waals surface area contributed by atoms with Crippen molar-refractivity contribution in [3.63, 3.8) is 0 Å². The molecule has 0 aliphatic carbocycles. The fraction of sp³-hybridized carbons (Fsp3) is 0.600. The molecule has 1 aromatic carbocycles. The molecule has 0 aliphatic rings. The van der Waals surface area contributed by atoms with Gasteiger partial charge in [-0.25, -0.2) is 9.59 Å². The van der Waals surface area contributed by atoms with Crippen LogP contribution in [0.25, 0.3) is 0 Å². The number of carbonyl (C=O) groups is 2. The maximum Gasteiger partial charge on any atom is 0.426 e.